The second kappa shape index (κ2) is 11.4. The summed E-state index contributed by atoms with van der Waals surface area (Å²) in [6.45, 7) is 12.1. The van der Waals surface area contributed by atoms with Crippen LogP contribution in [0.15, 0.2) is 4.99 Å². The highest BCUT2D eigenvalue weighted by molar-refractivity contribution is 7.11. The van der Waals surface area contributed by atoms with Crippen molar-refractivity contribution in [3.63, 3.8) is 0 Å². The van der Waals surface area contributed by atoms with Gasteiger partial charge in [0, 0.05) is 50.1 Å². The number of nitrogens with one attached hydrogen (secondary N) is 2. The second-order valence-electron chi connectivity index (χ2n) is 6.34. The van der Waals surface area contributed by atoms with Crippen LogP contribution in [-0.2, 0) is 15.9 Å². The molecule has 1 aliphatic heterocycles. The summed E-state index contributed by atoms with van der Waals surface area (Å²) in [4.78, 5) is 10.5. The van der Waals surface area contributed by atoms with Gasteiger partial charge in [0.05, 0.1) is 23.9 Å². The topological polar surface area (TPSA) is 67.8 Å². The van der Waals surface area contributed by atoms with Gasteiger partial charge in [-0.05, 0) is 33.6 Å². The van der Waals surface area contributed by atoms with E-state index in [-0.39, 0.29) is 0 Å². The Morgan fingerprint density at radius 2 is 2.28 bits per heavy atom. The maximum atomic E-state index is 5.71. The molecule has 7 heteroatoms. The molecule has 6 nitrogen and oxygen atoms in total. The number of aromatic nitrogens is 1. The van der Waals surface area contributed by atoms with Gasteiger partial charge in [-0.3, -0.25) is 4.99 Å². The molecule has 0 bridgehead atoms. The maximum absolute atomic E-state index is 5.71. The van der Waals surface area contributed by atoms with Crippen LogP contribution < -0.4 is 10.6 Å². The van der Waals surface area contributed by atoms with Gasteiger partial charge in [-0.15, -0.1) is 11.3 Å². The predicted octanol–water partition coefficient (Wildman–Crippen LogP) is 2.30. The average Bonchev–Trinajstić information content (AvgIpc) is 3.21. The molecule has 1 atom stereocenters. The van der Waals surface area contributed by atoms with Crippen molar-refractivity contribution in [2.75, 3.05) is 46.1 Å². The Balaban J connectivity index is 1.60. The Morgan fingerprint density at radius 3 is 2.96 bits per heavy atom. The number of rotatable bonds is 10. The Bertz CT molecular complexity index is 508. The molecule has 0 saturated carbocycles. The first-order chi connectivity index (χ1) is 12.2. The SMILES string of the molecule is CCNC(=NCCCOCC1CCOC1)NCCc1nc(C)c(C)s1. The predicted molar refractivity (Wildman–Crippen MR) is 104 cm³/mol. The molecule has 2 heterocycles. The van der Waals surface area contributed by atoms with Gasteiger partial charge in [-0.1, -0.05) is 0 Å². The van der Waals surface area contributed by atoms with Crippen molar-refractivity contribution in [3.05, 3.63) is 15.6 Å². The summed E-state index contributed by atoms with van der Waals surface area (Å²) in [7, 11) is 0. The summed E-state index contributed by atoms with van der Waals surface area (Å²) in [6, 6.07) is 0. The number of aryl methyl sites for hydroxylation is 2. The molecule has 0 radical (unpaired) electrons. The molecule has 0 spiro atoms. The molecule has 1 fully saturated rings. The summed E-state index contributed by atoms with van der Waals surface area (Å²) in [6.07, 6.45) is 3.00. The standard InChI is InChI=1S/C18H32N4O2S/c1-4-19-18(21-9-6-17-22-14(2)15(3)25-17)20-8-5-10-23-12-16-7-11-24-13-16/h16H,4-13H2,1-3H3,(H2,19,20,21). The molecule has 1 saturated heterocycles. The molecule has 0 amide bonds. The summed E-state index contributed by atoms with van der Waals surface area (Å²) >= 11 is 1.78. The van der Waals surface area contributed by atoms with Crippen LogP contribution in [-0.4, -0.2) is 57.0 Å². The highest BCUT2D eigenvalue weighted by Gasteiger charge is 2.15. The average molecular weight is 369 g/mol. The smallest absolute Gasteiger partial charge is 0.191 e. The first-order valence-electron chi connectivity index (χ1n) is 9.29. The third kappa shape index (κ3) is 7.71. The normalized spacial score (nSPS) is 17.9. The Morgan fingerprint density at radius 1 is 1.40 bits per heavy atom. The minimum atomic E-state index is 0.584. The quantitative estimate of drug-likeness (QED) is 0.377. The lowest BCUT2D eigenvalue weighted by Crippen LogP contribution is -2.38. The zero-order valence-corrected chi connectivity index (χ0v) is 16.6. The van der Waals surface area contributed by atoms with E-state index in [9.17, 15) is 0 Å². The number of aliphatic imine (C=N–C) groups is 1. The van der Waals surface area contributed by atoms with E-state index in [2.05, 4.69) is 41.4 Å². The number of nitrogens with zero attached hydrogens (tertiary/aromatic N) is 2. The fraction of sp³-hybridized carbons (Fsp3) is 0.778. The maximum Gasteiger partial charge on any atom is 0.191 e. The van der Waals surface area contributed by atoms with Crippen molar-refractivity contribution >= 4 is 17.3 Å². The van der Waals surface area contributed by atoms with E-state index in [0.717, 1.165) is 77.0 Å². The van der Waals surface area contributed by atoms with Crippen molar-refractivity contribution in [1.29, 1.82) is 0 Å². The lowest BCUT2D eigenvalue weighted by atomic mass is 10.1. The number of ether oxygens (including phenoxy) is 2. The van der Waals surface area contributed by atoms with Gasteiger partial charge >= 0.3 is 0 Å². The molecular formula is C18H32N4O2S. The molecule has 1 unspecified atom stereocenters. The van der Waals surface area contributed by atoms with Crippen molar-refractivity contribution in [3.8, 4) is 0 Å². The van der Waals surface area contributed by atoms with Crippen molar-refractivity contribution in [1.82, 2.24) is 15.6 Å². The zero-order valence-electron chi connectivity index (χ0n) is 15.8. The van der Waals surface area contributed by atoms with E-state index in [4.69, 9.17) is 9.47 Å². The number of hydrogen-bond donors (Lipinski definition) is 2. The Hall–Kier alpha value is -1.18. The van der Waals surface area contributed by atoms with Crippen molar-refractivity contribution in [2.45, 2.75) is 40.0 Å². The van der Waals surface area contributed by atoms with E-state index >= 15 is 0 Å². The summed E-state index contributed by atoms with van der Waals surface area (Å²) in [5.41, 5.74) is 1.14. The van der Waals surface area contributed by atoms with Gasteiger partial charge in [0.2, 0.25) is 0 Å². The number of guanidine groups is 1. The summed E-state index contributed by atoms with van der Waals surface area (Å²) < 4.78 is 11.1. The van der Waals surface area contributed by atoms with Crippen LogP contribution in [0.25, 0.3) is 0 Å². The first-order valence-corrected chi connectivity index (χ1v) is 10.1. The van der Waals surface area contributed by atoms with Crippen LogP contribution in [0.2, 0.25) is 0 Å². The zero-order chi connectivity index (χ0) is 17.9. The fourth-order valence-corrected chi connectivity index (χ4v) is 3.53. The van der Waals surface area contributed by atoms with E-state index < -0.39 is 0 Å². The third-order valence-corrected chi connectivity index (χ3v) is 5.28. The van der Waals surface area contributed by atoms with Crippen LogP contribution in [0.1, 0.15) is 35.3 Å². The molecule has 25 heavy (non-hydrogen) atoms. The Kier molecular flexibility index (Phi) is 9.21. The van der Waals surface area contributed by atoms with Crippen LogP contribution in [0.5, 0.6) is 0 Å². The molecule has 2 rings (SSSR count). The van der Waals surface area contributed by atoms with Crippen LogP contribution in [0.3, 0.4) is 0 Å². The monoisotopic (exact) mass is 368 g/mol. The Labute approximate surface area is 155 Å². The fourth-order valence-electron chi connectivity index (χ4n) is 2.60. The van der Waals surface area contributed by atoms with Gasteiger partial charge < -0.3 is 20.1 Å². The minimum absolute atomic E-state index is 0.584. The lowest BCUT2D eigenvalue weighted by molar-refractivity contribution is 0.0893. The number of thiazole rings is 1. The van der Waals surface area contributed by atoms with Gasteiger partial charge in [0.1, 0.15) is 0 Å². The molecule has 1 aromatic heterocycles. The highest BCUT2D eigenvalue weighted by atomic mass is 32.1. The molecular weight excluding hydrogens is 336 g/mol. The van der Waals surface area contributed by atoms with Gasteiger partial charge in [-0.2, -0.15) is 0 Å². The molecule has 2 N–H and O–H groups in total. The highest BCUT2D eigenvalue weighted by Crippen LogP contribution is 2.16. The first kappa shape index (κ1) is 20.1. The second-order valence-corrected chi connectivity index (χ2v) is 7.63. The van der Waals surface area contributed by atoms with Gasteiger partial charge in [-0.25, -0.2) is 4.98 Å². The molecule has 0 aliphatic carbocycles. The van der Waals surface area contributed by atoms with Crippen molar-refractivity contribution in [2.24, 2.45) is 10.9 Å². The lowest BCUT2D eigenvalue weighted by Gasteiger charge is -2.11. The molecule has 1 aromatic rings. The van der Waals surface area contributed by atoms with Crippen molar-refractivity contribution < 1.29 is 9.47 Å². The van der Waals surface area contributed by atoms with E-state index in [0.29, 0.717) is 5.92 Å². The van der Waals surface area contributed by atoms with Gasteiger partial charge in [0.25, 0.3) is 0 Å². The van der Waals surface area contributed by atoms with Crippen LogP contribution in [0.4, 0.5) is 0 Å². The molecule has 0 aromatic carbocycles. The largest absolute Gasteiger partial charge is 0.381 e. The summed E-state index contributed by atoms with van der Waals surface area (Å²) in [5.74, 6) is 1.46. The van der Waals surface area contributed by atoms with E-state index in [1.165, 1.54) is 9.88 Å². The number of hydrogen-bond acceptors (Lipinski definition) is 5. The van der Waals surface area contributed by atoms with Gasteiger partial charge in [0.15, 0.2) is 5.96 Å². The van der Waals surface area contributed by atoms with Crippen LogP contribution in [0, 0.1) is 19.8 Å². The molecule has 142 valence electrons. The third-order valence-electron chi connectivity index (χ3n) is 4.14. The minimum Gasteiger partial charge on any atom is -0.381 e. The summed E-state index contributed by atoms with van der Waals surface area (Å²) in [5, 5.41) is 7.85. The van der Waals surface area contributed by atoms with E-state index in [1.54, 1.807) is 11.3 Å². The molecule has 1 aliphatic rings. The van der Waals surface area contributed by atoms with Crippen LogP contribution >= 0.6 is 11.3 Å². The van der Waals surface area contributed by atoms with E-state index in [1.807, 2.05) is 0 Å².